The fraction of sp³-hybridized carbons (Fsp3) is 0.522. The maximum absolute atomic E-state index is 11.8. The average molecular weight is 441 g/mol. The van der Waals surface area contributed by atoms with E-state index in [1.165, 1.54) is 0 Å². The minimum Gasteiger partial charge on any atom is -0.495 e. The molecule has 2 fully saturated rings. The highest BCUT2D eigenvalue weighted by atomic mass is 16.5. The largest absolute Gasteiger partial charge is 0.495 e. The zero-order valence-electron chi connectivity index (χ0n) is 18.8. The number of aromatic nitrogens is 2. The molecule has 0 aliphatic carbocycles. The number of piperazine rings is 1. The number of hydrogen-bond acceptors (Lipinski definition) is 9. The van der Waals surface area contributed by atoms with Gasteiger partial charge in [-0.1, -0.05) is 6.92 Å². The molecule has 0 unspecified atom stereocenters. The maximum atomic E-state index is 11.8. The van der Waals surface area contributed by atoms with E-state index >= 15 is 0 Å². The molecule has 1 aromatic carbocycles. The summed E-state index contributed by atoms with van der Waals surface area (Å²) >= 11 is 0. The van der Waals surface area contributed by atoms with Crippen molar-refractivity contribution < 1.29 is 14.3 Å². The third-order valence-corrected chi connectivity index (χ3v) is 5.90. The van der Waals surface area contributed by atoms with Gasteiger partial charge in [0.05, 0.1) is 18.5 Å². The number of hydrogen-bond donors (Lipinski definition) is 3. The van der Waals surface area contributed by atoms with Crippen LogP contribution in [0, 0.1) is 0 Å². The van der Waals surface area contributed by atoms with Crippen LogP contribution in [0.15, 0.2) is 18.2 Å². The van der Waals surface area contributed by atoms with Crippen molar-refractivity contribution in [3.8, 4) is 5.75 Å². The summed E-state index contributed by atoms with van der Waals surface area (Å²) in [6.45, 7) is 7.27. The van der Waals surface area contributed by atoms with Gasteiger partial charge in [-0.2, -0.15) is 0 Å². The second-order valence-electron chi connectivity index (χ2n) is 8.00. The predicted octanol–water partition coefficient (Wildman–Crippen LogP) is 2.60. The molecule has 0 atom stereocenters. The van der Waals surface area contributed by atoms with Crippen LogP contribution in [0.1, 0.15) is 35.9 Å². The standard InChI is InChI=1S/C23H32N6O3/c1-3-18-22(25-16-6-12-32-13-7-16)28-23(19(15-30)27-18)26-17-4-5-20(21(14-17)31-2)29-10-8-24-9-11-29/h4-5,14-16,24H,3,6-13H2,1-2H3,(H2,25,26,28). The van der Waals surface area contributed by atoms with Crippen molar-refractivity contribution in [2.75, 3.05) is 62.0 Å². The van der Waals surface area contributed by atoms with E-state index in [9.17, 15) is 4.79 Å². The van der Waals surface area contributed by atoms with Gasteiger partial charge < -0.3 is 30.3 Å². The van der Waals surface area contributed by atoms with E-state index in [2.05, 4.69) is 25.8 Å². The Balaban J connectivity index is 1.59. The highest BCUT2D eigenvalue weighted by Gasteiger charge is 2.20. The summed E-state index contributed by atoms with van der Waals surface area (Å²) in [5.74, 6) is 1.93. The first-order chi connectivity index (χ1) is 15.7. The van der Waals surface area contributed by atoms with Gasteiger partial charge in [0.1, 0.15) is 17.3 Å². The third-order valence-electron chi connectivity index (χ3n) is 5.90. The van der Waals surface area contributed by atoms with E-state index in [4.69, 9.17) is 14.5 Å². The van der Waals surface area contributed by atoms with E-state index < -0.39 is 0 Å². The minimum absolute atomic E-state index is 0.289. The molecule has 4 rings (SSSR count). The smallest absolute Gasteiger partial charge is 0.172 e. The predicted molar refractivity (Wildman–Crippen MR) is 126 cm³/mol. The molecule has 0 radical (unpaired) electrons. The van der Waals surface area contributed by atoms with Crippen LogP contribution in [-0.2, 0) is 11.2 Å². The molecule has 3 N–H and O–H groups in total. The van der Waals surface area contributed by atoms with Gasteiger partial charge in [-0.25, -0.2) is 9.97 Å². The van der Waals surface area contributed by atoms with Gasteiger partial charge in [-0.15, -0.1) is 0 Å². The number of nitrogens with zero attached hydrogens (tertiary/aromatic N) is 3. The monoisotopic (exact) mass is 440 g/mol. The van der Waals surface area contributed by atoms with Crippen molar-refractivity contribution >= 4 is 29.3 Å². The molecule has 2 saturated heterocycles. The van der Waals surface area contributed by atoms with Gasteiger partial charge in [0.15, 0.2) is 12.1 Å². The van der Waals surface area contributed by atoms with Crippen LogP contribution >= 0.6 is 0 Å². The van der Waals surface area contributed by atoms with Crippen LogP contribution in [0.4, 0.5) is 23.0 Å². The second-order valence-corrected chi connectivity index (χ2v) is 8.00. The highest BCUT2D eigenvalue weighted by molar-refractivity contribution is 5.83. The maximum Gasteiger partial charge on any atom is 0.172 e. The lowest BCUT2D eigenvalue weighted by atomic mass is 10.1. The summed E-state index contributed by atoms with van der Waals surface area (Å²) in [6.07, 6.45) is 3.29. The Bertz CT molecular complexity index is 926. The van der Waals surface area contributed by atoms with Crippen LogP contribution < -0.4 is 25.6 Å². The third kappa shape index (κ3) is 5.11. The minimum atomic E-state index is 0.289. The number of carbonyl (C=O) groups is 1. The van der Waals surface area contributed by atoms with Crippen molar-refractivity contribution in [1.29, 1.82) is 0 Å². The molecule has 2 aliphatic rings. The summed E-state index contributed by atoms with van der Waals surface area (Å²) in [7, 11) is 1.67. The van der Waals surface area contributed by atoms with E-state index in [1.54, 1.807) is 7.11 Å². The molecule has 1 aromatic heterocycles. The molecule has 0 saturated carbocycles. The molecule has 0 amide bonds. The summed E-state index contributed by atoms with van der Waals surface area (Å²) in [5.41, 5.74) is 2.93. The molecular weight excluding hydrogens is 408 g/mol. The van der Waals surface area contributed by atoms with Crippen LogP contribution in [0.2, 0.25) is 0 Å². The average Bonchev–Trinajstić information content (AvgIpc) is 2.85. The van der Waals surface area contributed by atoms with Crippen molar-refractivity contribution in [1.82, 2.24) is 15.3 Å². The molecule has 2 aromatic rings. The van der Waals surface area contributed by atoms with Gasteiger partial charge >= 0.3 is 0 Å². The Morgan fingerprint density at radius 3 is 2.69 bits per heavy atom. The van der Waals surface area contributed by atoms with E-state index in [0.717, 1.165) is 87.2 Å². The van der Waals surface area contributed by atoms with Crippen LogP contribution in [0.3, 0.4) is 0 Å². The lowest BCUT2D eigenvalue weighted by molar-refractivity contribution is 0.0903. The highest BCUT2D eigenvalue weighted by Crippen LogP contribution is 2.33. The summed E-state index contributed by atoms with van der Waals surface area (Å²) in [6, 6.07) is 6.25. The molecule has 2 aliphatic heterocycles. The fourth-order valence-electron chi connectivity index (χ4n) is 4.12. The normalized spacial score (nSPS) is 17.1. The number of benzene rings is 1. The molecule has 3 heterocycles. The Morgan fingerprint density at radius 1 is 1.22 bits per heavy atom. The van der Waals surface area contributed by atoms with Gasteiger partial charge in [0, 0.05) is 57.2 Å². The van der Waals surface area contributed by atoms with Crippen molar-refractivity contribution in [3.05, 3.63) is 29.6 Å². The lowest BCUT2D eigenvalue weighted by Crippen LogP contribution is -2.43. The number of aryl methyl sites for hydroxylation is 1. The number of anilines is 4. The Labute approximate surface area is 188 Å². The molecule has 0 bridgehead atoms. The molecule has 32 heavy (non-hydrogen) atoms. The van der Waals surface area contributed by atoms with Gasteiger partial charge in [0.2, 0.25) is 0 Å². The van der Waals surface area contributed by atoms with Gasteiger partial charge in [0.25, 0.3) is 0 Å². The number of carbonyl (C=O) groups excluding carboxylic acids is 1. The zero-order chi connectivity index (χ0) is 22.3. The molecule has 172 valence electrons. The van der Waals surface area contributed by atoms with Gasteiger partial charge in [-0.3, -0.25) is 4.79 Å². The first-order valence-electron chi connectivity index (χ1n) is 11.3. The summed E-state index contributed by atoms with van der Waals surface area (Å²) in [5, 5.41) is 10.1. The molecule has 9 nitrogen and oxygen atoms in total. The van der Waals surface area contributed by atoms with Crippen molar-refractivity contribution in [2.45, 2.75) is 32.2 Å². The van der Waals surface area contributed by atoms with E-state index in [0.29, 0.717) is 17.9 Å². The topological polar surface area (TPSA) is 101 Å². The number of methoxy groups -OCH3 is 1. The Kier molecular flexibility index (Phi) is 7.39. The summed E-state index contributed by atoms with van der Waals surface area (Å²) < 4.78 is 11.1. The number of ether oxygens (including phenoxy) is 2. The first-order valence-corrected chi connectivity index (χ1v) is 11.3. The van der Waals surface area contributed by atoms with E-state index in [1.807, 2.05) is 25.1 Å². The summed E-state index contributed by atoms with van der Waals surface area (Å²) in [4.78, 5) is 23.4. The van der Waals surface area contributed by atoms with Gasteiger partial charge in [-0.05, 0) is 31.4 Å². The zero-order valence-corrected chi connectivity index (χ0v) is 18.8. The number of rotatable bonds is 8. The SMILES string of the molecule is CCc1nc(C=O)c(Nc2ccc(N3CCNCC3)c(OC)c2)nc1NC1CCOCC1. The number of nitrogens with one attached hydrogen (secondary N) is 3. The van der Waals surface area contributed by atoms with Crippen LogP contribution in [-0.4, -0.2) is 68.8 Å². The second kappa shape index (κ2) is 10.6. The van der Waals surface area contributed by atoms with Crippen molar-refractivity contribution in [2.24, 2.45) is 0 Å². The molecule has 0 spiro atoms. The fourth-order valence-corrected chi connectivity index (χ4v) is 4.12. The van der Waals surface area contributed by atoms with Crippen LogP contribution in [0.25, 0.3) is 0 Å². The quantitative estimate of drug-likeness (QED) is 0.535. The lowest BCUT2D eigenvalue weighted by Gasteiger charge is -2.30. The van der Waals surface area contributed by atoms with Crippen LogP contribution in [0.5, 0.6) is 5.75 Å². The number of aldehydes is 1. The van der Waals surface area contributed by atoms with E-state index in [-0.39, 0.29) is 6.04 Å². The first kappa shape index (κ1) is 22.3. The Morgan fingerprint density at radius 2 is 2.00 bits per heavy atom. The molecular formula is C23H32N6O3. The molecule has 9 heteroatoms. The van der Waals surface area contributed by atoms with Crippen molar-refractivity contribution in [3.63, 3.8) is 0 Å². The Hall–Kier alpha value is -2.91.